The Balaban J connectivity index is 1.75. The maximum atomic E-state index is 13.4. The number of nitrogens with one attached hydrogen (secondary N) is 1. The van der Waals surface area contributed by atoms with Gasteiger partial charge in [0, 0.05) is 31.4 Å². The SMILES string of the molecule is CCCCCOc1ccc([C@@H]2c3c(-c4ccccc4O)n[nH]c3C(=O)N2CCCOC)cc1OC. The molecular formula is C27H33N3O5. The molecule has 8 heteroatoms. The molecule has 1 aliphatic heterocycles. The number of carbonyl (C=O) groups is 1. The highest BCUT2D eigenvalue weighted by molar-refractivity contribution is 6.00. The number of unbranched alkanes of at least 4 members (excludes halogenated alkanes) is 2. The van der Waals surface area contributed by atoms with Gasteiger partial charge in [0.05, 0.1) is 19.8 Å². The lowest BCUT2D eigenvalue weighted by Crippen LogP contribution is -2.31. The first-order chi connectivity index (χ1) is 17.1. The van der Waals surface area contributed by atoms with Gasteiger partial charge in [-0.2, -0.15) is 5.10 Å². The molecule has 3 aromatic rings. The minimum Gasteiger partial charge on any atom is -0.507 e. The van der Waals surface area contributed by atoms with Gasteiger partial charge in [0.15, 0.2) is 11.5 Å². The van der Waals surface area contributed by atoms with Crippen LogP contribution in [0.15, 0.2) is 42.5 Å². The molecule has 186 valence electrons. The van der Waals surface area contributed by atoms with Crippen molar-refractivity contribution in [1.29, 1.82) is 0 Å². The van der Waals surface area contributed by atoms with Crippen LogP contribution in [0.3, 0.4) is 0 Å². The zero-order chi connectivity index (χ0) is 24.8. The number of benzene rings is 2. The molecule has 0 aliphatic carbocycles. The normalized spacial score (nSPS) is 14.9. The quantitative estimate of drug-likeness (QED) is 0.357. The molecule has 0 radical (unpaired) electrons. The van der Waals surface area contributed by atoms with E-state index in [2.05, 4.69) is 17.1 Å². The van der Waals surface area contributed by atoms with E-state index in [9.17, 15) is 9.90 Å². The number of aromatic amines is 1. The van der Waals surface area contributed by atoms with Crippen LogP contribution in [0, 0.1) is 0 Å². The van der Waals surface area contributed by atoms with Gasteiger partial charge in [-0.05, 0) is 42.7 Å². The third-order valence-corrected chi connectivity index (χ3v) is 6.28. The number of methoxy groups -OCH3 is 2. The largest absolute Gasteiger partial charge is 0.507 e. The van der Waals surface area contributed by atoms with E-state index >= 15 is 0 Å². The molecule has 1 amide bonds. The van der Waals surface area contributed by atoms with Gasteiger partial charge in [-0.15, -0.1) is 0 Å². The Morgan fingerprint density at radius 1 is 1.06 bits per heavy atom. The number of phenols is 1. The van der Waals surface area contributed by atoms with Crippen LogP contribution in [0.2, 0.25) is 0 Å². The molecule has 2 heterocycles. The molecule has 0 saturated heterocycles. The predicted molar refractivity (Wildman–Crippen MR) is 133 cm³/mol. The Bertz CT molecular complexity index is 1160. The van der Waals surface area contributed by atoms with E-state index in [0.717, 1.165) is 30.4 Å². The molecule has 1 aliphatic rings. The van der Waals surface area contributed by atoms with Crippen molar-refractivity contribution in [2.45, 2.75) is 38.6 Å². The highest BCUT2D eigenvalue weighted by atomic mass is 16.5. The van der Waals surface area contributed by atoms with Gasteiger partial charge in [-0.3, -0.25) is 9.89 Å². The number of hydrogen-bond donors (Lipinski definition) is 2. The maximum absolute atomic E-state index is 13.4. The van der Waals surface area contributed by atoms with Crippen LogP contribution in [0.1, 0.15) is 60.3 Å². The monoisotopic (exact) mass is 479 g/mol. The number of phenolic OH excluding ortho intramolecular Hbond substituents is 1. The fourth-order valence-electron chi connectivity index (χ4n) is 4.54. The topological polar surface area (TPSA) is 96.9 Å². The maximum Gasteiger partial charge on any atom is 0.273 e. The van der Waals surface area contributed by atoms with E-state index in [-0.39, 0.29) is 11.7 Å². The highest BCUT2D eigenvalue weighted by Gasteiger charge is 2.42. The molecule has 1 atom stereocenters. The van der Waals surface area contributed by atoms with Crippen molar-refractivity contribution in [3.8, 4) is 28.5 Å². The van der Waals surface area contributed by atoms with E-state index in [1.54, 1.807) is 32.4 Å². The molecular weight excluding hydrogens is 446 g/mol. The number of rotatable bonds is 12. The predicted octanol–water partition coefficient (Wildman–Crippen LogP) is 4.94. The summed E-state index contributed by atoms with van der Waals surface area (Å²) in [6.45, 7) is 3.84. The Kier molecular flexibility index (Phi) is 7.92. The molecule has 0 saturated carbocycles. The molecule has 2 aromatic carbocycles. The minimum absolute atomic E-state index is 0.110. The van der Waals surface area contributed by atoms with Gasteiger partial charge < -0.3 is 24.2 Å². The molecule has 35 heavy (non-hydrogen) atoms. The van der Waals surface area contributed by atoms with Gasteiger partial charge in [-0.1, -0.05) is 38.0 Å². The number of amides is 1. The van der Waals surface area contributed by atoms with E-state index in [4.69, 9.17) is 14.2 Å². The second kappa shape index (κ2) is 11.3. The number of hydrogen-bond acceptors (Lipinski definition) is 6. The molecule has 4 rings (SSSR count). The molecule has 1 aromatic heterocycles. The summed E-state index contributed by atoms with van der Waals surface area (Å²) in [5, 5.41) is 17.9. The highest BCUT2D eigenvalue weighted by Crippen LogP contribution is 2.45. The van der Waals surface area contributed by atoms with Crippen LogP contribution in [-0.2, 0) is 4.74 Å². The Morgan fingerprint density at radius 3 is 2.63 bits per heavy atom. The van der Waals surface area contributed by atoms with Crippen LogP contribution in [0.4, 0.5) is 0 Å². The number of H-pyrrole nitrogens is 1. The molecule has 0 spiro atoms. The summed E-state index contributed by atoms with van der Waals surface area (Å²) in [5.74, 6) is 1.27. The molecule has 8 nitrogen and oxygen atoms in total. The molecule has 2 N–H and O–H groups in total. The lowest BCUT2D eigenvalue weighted by molar-refractivity contribution is 0.0723. The van der Waals surface area contributed by atoms with Gasteiger partial charge in [0.1, 0.15) is 17.1 Å². The fraction of sp³-hybridized carbons (Fsp3) is 0.407. The number of para-hydroxylation sites is 1. The van der Waals surface area contributed by atoms with Crippen molar-refractivity contribution in [3.05, 3.63) is 59.3 Å². The number of aromatic nitrogens is 2. The summed E-state index contributed by atoms with van der Waals surface area (Å²) in [5.41, 5.74) is 3.19. The van der Waals surface area contributed by atoms with Crippen LogP contribution in [-0.4, -0.2) is 60.1 Å². The van der Waals surface area contributed by atoms with Crippen LogP contribution in [0.25, 0.3) is 11.3 Å². The smallest absolute Gasteiger partial charge is 0.273 e. The van der Waals surface area contributed by atoms with Gasteiger partial charge >= 0.3 is 0 Å². The third-order valence-electron chi connectivity index (χ3n) is 6.28. The summed E-state index contributed by atoms with van der Waals surface area (Å²) in [6, 6.07) is 12.4. The lowest BCUT2D eigenvalue weighted by atomic mass is 9.95. The van der Waals surface area contributed by atoms with Crippen LogP contribution < -0.4 is 9.47 Å². The first-order valence-corrected chi connectivity index (χ1v) is 12.1. The minimum atomic E-state index is -0.397. The van der Waals surface area contributed by atoms with Gasteiger partial charge in [-0.25, -0.2) is 0 Å². The van der Waals surface area contributed by atoms with E-state index < -0.39 is 6.04 Å². The number of nitrogens with zero attached hydrogens (tertiary/aromatic N) is 2. The van der Waals surface area contributed by atoms with Crippen LogP contribution in [0.5, 0.6) is 17.2 Å². The molecule has 0 unspecified atom stereocenters. The summed E-state index contributed by atoms with van der Waals surface area (Å²) in [4.78, 5) is 15.2. The second-order valence-electron chi connectivity index (χ2n) is 8.59. The van der Waals surface area contributed by atoms with E-state index in [1.807, 2.05) is 29.2 Å². The standard InChI is InChI=1S/C27H33N3O5/c1-4-5-8-16-35-21-13-12-18(17-22(21)34-3)26-23-24(19-10-6-7-11-20(19)31)28-29-25(23)27(32)30(26)14-9-15-33-2/h6-7,10-13,17,26,31H,4-5,8-9,14-16H2,1-3H3,(H,28,29)/t26-/m1/s1. The Morgan fingerprint density at radius 2 is 1.89 bits per heavy atom. The van der Waals surface area contributed by atoms with Crippen molar-refractivity contribution in [2.75, 3.05) is 34.0 Å². The van der Waals surface area contributed by atoms with Gasteiger partial charge in [0.2, 0.25) is 0 Å². The lowest BCUT2D eigenvalue weighted by Gasteiger charge is -2.27. The zero-order valence-corrected chi connectivity index (χ0v) is 20.5. The third kappa shape index (κ3) is 4.98. The van der Waals surface area contributed by atoms with E-state index in [0.29, 0.717) is 54.6 Å². The molecule has 0 fully saturated rings. The molecule has 0 bridgehead atoms. The summed E-state index contributed by atoms with van der Waals surface area (Å²) in [6.07, 6.45) is 3.91. The van der Waals surface area contributed by atoms with Crippen molar-refractivity contribution in [3.63, 3.8) is 0 Å². The van der Waals surface area contributed by atoms with Crippen molar-refractivity contribution < 1.29 is 24.1 Å². The average Bonchev–Trinajstić information content (AvgIpc) is 3.41. The van der Waals surface area contributed by atoms with Gasteiger partial charge in [0.25, 0.3) is 5.91 Å². The zero-order valence-electron chi connectivity index (χ0n) is 20.5. The first kappa shape index (κ1) is 24.6. The average molecular weight is 480 g/mol. The van der Waals surface area contributed by atoms with Crippen molar-refractivity contribution in [2.24, 2.45) is 0 Å². The number of fused-ring (bicyclic) bond motifs is 1. The van der Waals surface area contributed by atoms with E-state index in [1.165, 1.54) is 0 Å². The first-order valence-electron chi connectivity index (χ1n) is 12.1. The number of carbonyl (C=O) groups excluding carboxylic acids is 1. The number of aromatic hydroxyl groups is 1. The summed E-state index contributed by atoms with van der Waals surface area (Å²) >= 11 is 0. The number of ether oxygens (including phenoxy) is 3. The summed E-state index contributed by atoms with van der Waals surface area (Å²) < 4.78 is 16.8. The van der Waals surface area contributed by atoms with Crippen molar-refractivity contribution in [1.82, 2.24) is 15.1 Å². The Hall–Kier alpha value is -3.52. The van der Waals surface area contributed by atoms with Crippen LogP contribution >= 0.6 is 0 Å². The second-order valence-corrected chi connectivity index (χ2v) is 8.59. The van der Waals surface area contributed by atoms with Crippen molar-refractivity contribution >= 4 is 5.91 Å². The Labute approximate surface area is 205 Å². The fourth-order valence-corrected chi connectivity index (χ4v) is 4.54. The summed E-state index contributed by atoms with van der Waals surface area (Å²) in [7, 11) is 3.26.